The predicted octanol–water partition coefficient (Wildman–Crippen LogP) is 4.96. The third kappa shape index (κ3) is 4.85. The maximum Gasteiger partial charge on any atom is 0.352 e. The molecule has 5 aromatic rings. The third-order valence-electron chi connectivity index (χ3n) is 6.47. The van der Waals surface area contributed by atoms with Crippen LogP contribution in [0.4, 0.5) is 0 Å². The number of fused-ring (bicyclic) bond motifs is 1. The number of ether oxygens (including phenoxy) is 1. The topological polar surface area (TPSA) is 123 Å². The van der Waals surface area contributed by atoms with Gasteiger partial charge in [-0.1, -0.05) is 23.7 Å². The van der Waals surface area contributed by atoms with Gasteiger partial charge in [0.1, 0.15) is 35.2 Å². The second kappa shape index (κ2) is 10.4. The molecule has 39 heavy (non-hydrogen) atoms. The molecule has 0 aliphatic rings. The Morgan fingerprint density at radius 1 is 1.18 bits per heavy atom. The molecule has 1 aromatic carbocycles. The molecule has 0 fully saturated rings. The van der Waals surface area contributed by atoms with Gasteiger partial charge >= 0.3 is 5.97 Å². The van der Waals surface area contributed by atoms with E-state index < -0.39 is 11.5 Å². The van der Waals surface area contributed by atoms with Gasteiger partial charge in [-0.15, -0.1) is 0 Å². The summed E-state index contributed by atoms with van der Waals surface area (Å²) in [7, 11) is 1.71. The third-order valence-corrected chi connectivity index (χ3v) is 6.82. The summed E-state index contributed by atoms with van der Waals surface area (Å²) in [5.41, 5.74) is 3.87. The Kier molecular flexibility index (Phi) is 6.88. The average molecular weight is 540 g/mol. The molecule has 0 bridgehead atoms. The number of hydrogen-bond donors (Lipinski definition) is 1. The maximum absolute atomic E-state index is 12.6. The van der Waals surface area contributed by atoms with Gasteiger partial charge in [0.05, 0.1) is 17.3 Å². The molecule has 0 saturated carbocycles. The molecule has 0 saturated heterocycles. The van der Waals surface area contributed by atoms with Crippen molar-refractivity contribution in [3.8, 4) is 23.1 Å². The van der Waals surface area contributed by atoms with Gasteiger partial charge in [0.2, 0.25) is 0 Å². The molecule has 0 radical (unpaired) electrons. The first kappa shape index (κ1) is 25.7. The Labute approximate surface area is 228 Å². The largest absolute Gasteiger partial charge is 0.486 e. The molecular formula is C29H22ClN5O4. The van der Waals surface area contributed by atoms with Gasteiger partial charge in [-0.3, -0.25) is 9.78 Å². The van der Waals surface area contributed by atoms with Crippen molar-refractivity contribution in [3.05, 3.63) is 111 Å². The highest BCUT2D eigenvalue weighted by Gasteiger charge is 2.18. The zero-order chi connectivity index (χ0) is 27.7. The van der Waals surface area contributed by atoms with Crippen LogP contribution in [0.5, 0.6) is 5.75 Å². The van der Waals surface area contributed by atoms with E-state index in [-0.39, 0.29) is 24.4 Å². The van der Waals surface area contributed by atoms with Crippen molar-refractivity contribution < 1.29 is 14.6 Å². The summed E-state index contributed by atoms with van der Waals surface area (Å²) in [6, 6.07) is 17.5. The summed E-state index contributed by atoms with van der Waals surface area (Å²) in [5.74, 6) is -0.492. The smallest absolute Gasteiger partial charge is 0.352 e. The van der Waals surface area contributed by atoms with Crippen molar-refractivity contribution in [1.29, 1.82) is 5.26 Å². The van der Waals surface area contributed by atoms with Crippen LogP contribution in [-0.2, 0) is 20.2 Å². The van der Waals surface area contributed by atoms with E-state index in [0.717, 1.165) is 22.3 Å². The number of aromatic nitrogens is 4. The second-order valence-electron chi connectivity index (χ2n) is 8.90. The van der Waals surface area contributed by atoms with Crippen molar-refractivity contribution in [3.63, 3.8) is 0 Å². The van der Waals surface area contributed by atoms with Crippen molar-refractivity contribution in [1.82, 2.24) is 19.1 Å². The Morgan fingerprint density at radius 3 is 2.74 bits per heavy atom. The van der Waals surface area contributed by atoms with Crippen molar-refractivity contribution >= 4 is 28.5 Å². The van der Waals surface area contributed by atoms with E-state index >= 15 is 0 Å². The summed E-state index contributed by atoms with van der Waals surface area (Å²) in [6.07, 6.45) is 3.15. The first-order valence-electron chi connectivity index (χ1n) is 11.9. The van der Waals surface area contributed by atoms with Crippen LogP contribution >= 0.6 is 11.6 Å². The minimum absolute atomic E-state index is 0.0408. The van der Waals surface area contributed by atoms with Gasteiger partial charge < -0.3 is 19.0 Å². The van der Waals surface area contributed by atoms with Gasteiger partial charge in [0, 0.05) is 47.3 Å². The number of carboxylic acids is 1. The molecule has 4 heterocycles. The van der Waals surface area contributed by atoms with Gasteiger partial charge in [-0.2, -0.15) is 5.26 Å². The number of pyridine rings is 3. The molecule has 4 aromatic heterocycles. The number of aryl methyl sites for hydroxylation is 1. The number of carbonyl (C=O) groups is 1. The van der Waals surface area contributed by atoms with Gasteiger partial charge in [0.25, 0.3) is 5.56 Å². The zero-order valence-corrected chi connectivity index (χ0v) is 21.8. The summed E-state index contributed by atoms with van der Waals surface area (Å²) < 4.78 is 9.27. The van der Waals surface area contributed by atoms with Gasteiger partial charge in [0.15, 0.2) is 0 Å². The minimum atomic E-state index is -1.01. The van der Waals surface area contributed by atoms with Crippen LogP contribution < -0.4 is 10.3 Å². The summed E-state index contributed by atoms with van der Waals surface area (Å²) in [6.45, 7) is 2.04. The number of benzene rings is 1. The number of para-hydroxylation sites is 1. The van der Waals surface area contributed by atoms with Crippen LogP contribution in [0.2, 0.25) is 5.02 Å². The molecule has 9 nitrogen and oxygen atoms in total. The number of halogens is 1. The number of nitriles is 1. The minimum Gasteiger partial charge on any atom is -0.486 e. The van der Waals surface area contributed by atoms with Crippen LogP contribution in [-0.4, -0.2) is 30.2 Å². The Bertz CT molecular complexity index is 1850. The lowest BCUT2D eigenvalue weighted by Gasteiger charge is -2.16. The van der Waals surface area contributed by atoms with E-state index in [1.165, 1.54) is 10.6 Å². The summed E-state index contributed by atoms with van der Waals surface area (Å²) in [5, 5.41) is 19.9. The normalized spacial score (nSPS) is 10.9. The Morgan fingerprint density at radius 2 is 2.00 bits per heavy atom. The fourth-order valence-corrected chi connectivity index (χ4v) is 4.75. The van der Waals surface area contributed by atoms with Crippen LogP contribution in [0.1, 0.15) is 33.0 Å². The highest BCUT2D eigenvalue weighted by molar-refractivity contribution is 6.31. The van der Waals surface area contributed by atoms with Gasteiger partial charge in [-0.25, -0.2) is 9.78 Å². The lowest BCUT2D eigenvalue weighted by molar-refractivity contribution is 0.0686. The first-order chi connectivity index (χ1) is 18.8. The van der Waals surface area contributed by atoms with E-state index in [4.69, 9.17) is 21.3 Å². The molecule has 194 valence electrons. The maximum atomic E-state index is 12.6. The average Bonchev–Trinajstić information content (AvgIpc) is 3.30. The van der Waals surface area contributed by atoms with Crippen LogP contribution in [0.25, 0.3) is 22.2 Å². The van der Waals surface area contributed by atoms with Crippen LogP contribution in [0, 0.1) is 18.3 Å². The molecule has 0 atom stereocenters. The van der Waals surface area contributed by atoms with Crippen LogP contribution in [0.3, 0.4) is 0 Å². The first-order valence-corrected chi connectivity index (χ1v) is 12.3. The SMILES string of the molecule is Cc1cc(-c2ccc(C(=O)O)n2C)c2cccc(OCc3c(Cl)ccnc3Cn3cccc(C#N)c3=O)c2n1. The summed E-state index contributed by atoms with van der Waals surface area (Å²) in [4.78, 5) is 33.3. The molecule has 0 aliphatic carbocycles. The van der Waals surface area contributed by atoms with E-state index in [1.54, 1.807) is 54.3 Å². The lowest BCUT2D eigenvalue weighted by atomic mass is 10.0. The number of rotatable bonds is 7. The molecule has 0 aliphatic heterocycles. The molecule has 5 rings (SSSR count). The van der Waals surface area contributed by atoms with Crippen molar-refractivity contribution in [2.24, 2.45) is 7.05 Å². The molecule has 0 amide bonds. The molecule has 1 N–H and O–H groups in total. The second-order valence-corrected chi connectivity index (χ2v) is 9.31. The van der Waals surface area contributed by atoms with E-state index in [2.05, 4.69) is 4.98 Å². The number of nitrogens with zero attached hydrogens (tertiary/aromatic N) is 5. The number of carboxylic acid groups (broad SMARTS) is 1. The fraction of sp³-hybridized carbons (Fsp3) is 0.138. The van der Waals surface area contributed by atoms with Crippen molar-refractivity contribution in [2.45, 2.75) is 20.1 Å². The van der Waals surface area contributed by atoms with Crippen LogP contribution in [0.15, 0.2) is 71.8 Å². The zero-order valence-electron chi connectivity index (χ0n) is 21.1. The fourth-order valence-electron chi connectivity index (χ4n) is 4.53. The Balaban J connectivity index is 1.52. The molecular weight excluding hydrogens is 518 g/mol. The van der Waals surface area contributed by atoms with E-state index in [1.807, 2.05) is 31.2 Å². The highest BCUT2D eigenvalue weighted by Crippen LogP contribution is 2.34. The highest BCUT2D eigenvalue weighted by atomic mass is 35.5. The summed E-state index contributed by atoms with van der Waals surface area (Å²) >= 11 is 6.53. The number of aromatic carboxylic acids is 1. The lowest BCUT2D eigenvalue weighted by Crippen LogP contribution is -2.23. The quantitative estimate of drug-likeness (QED) is 0.310. The number of hydrogen-bond acceptors (Lipinski definition) is 6. The predicted molar refractivity (Wildman–Crippen MR) is 146 cm³/mol. The van der Waals surface area contributed by atoms with E-state index in [9.17, 15) is 20.0 Å². The monoisotopic (exact) mass is 539 g/mol. The molecule has 10 heteroatoms. The standard InChI is InChI=1S/C29H22ClN5O4/c1-17-13-20(24-8-9-25(29(37)38)34(24)2)19-6-3-7-26(27(19)33-17)39-16-21-22(30)10-11-32-23(21)15-35-12-4-5-18(14-31)28(35)36/h3-13H,15-16H2,1-2H3,(H,37,38). The molecule has 0 unspecified atom stereocenters. The Hall–Kier alpha value is -4.94. The van der Waals surface area contributed by atoms with Crippen molar-refractivity contribution in [2.75, 3.05) is 0 Å². The van der Waals surface area contributed by atoms with Gasteiger partial charge in [-0.05, 0) is 49.4 Å². The molecule has 0 spiro atoms. The van der Waals surface area contributed by atoms with E-state index in [0.29, 0.717) is 27.5 Å².